The van der Waals surface area contributed by atoms with Gasteiger partial charge in [0.2, 0.25) is 0 Å². The van der Waals surface area contributed by atoms with Crippen LogP contribution in [0.1, 0.15) is 53.2 Å². The summed E-state index contributed by atoms with van der Waals surface area (Å²) in [5.74, 6) is -0.369. The number of rotatable bonds is 6. The maximum Gasteiger partial charge on any atom is 0.337 e. The van der Waals surface area contributed by atoms with Crippen LogP contribution in [0.2, 0.25) is 0 Å². The summed E-state index contributed by atoms with van der Waals surface area (Å²) >= 11 is 0. The highest BCUT2D eigenvalue weighted by atomic mass is 32.2. The van der Waals surface area contributed by atoms with Gasteiger partial charge in [-0.25, -0.2) is 13.2 Å². The monoisotopic (exact) mass is 396 g/mol. The Morgan fingerprint density at radius 1 is 1.14 bits per heavy atom. The molecule has 0 aliphatic heterocycles. The molecule has 4 nitrogen and oxygen atoms in total. The molecule has 146 valence electrons. The Hall–Kier alpha value is -2.66. The maximum atomic E-state index is 11.9. The number of carbonyl (C=O) groups is 1. The van der Waals surface area contributed by atoms with Crippen molar-refractivity contribution in [3.63, 3.8) is 0 Å². The van der Waals surface area contributed by atoms with Crippen LogP contribution in [0.15, 0.2) is 52.9 Å². The van der Waals surface area contributed by atoms with Crippen LogP contribution in [0.3, 0.4) is 0 Å². The Morgan fingerprint density at radius 3 is 2.61 bits per heavy atom. The lowest BCUT2D eigenvalue weighted by Crippen LogP contribution is -2.00. The third kappa shape index (κ3) is 4.25. The van der Waals surface area contributed by atoms with Gasteiger partial charge < -0.3 is 4.74 Å². The molecule has 28 heavy (non-hydrogen) atoms. The standard InChI is InChI=1S/C23H24O4S/c1-4-5-8-17-14-19-15-20(28(3,25)26)10-11-21(19)22(17)13-16-7-6-9-18(12-16)23(24)27-2/h6-7,9-15H,4-5,8H2,1-3H3/b22-13-. The van der Waals surface area contributed by atoms with Gasteiger partial charge in [-0.3, -0.25) is 0 Å². The van der Waals surface area contributed by atoms with Crippen LogP contribution in [0.4, 0.5) is 0 Å². The molecule has 0 unspecified atom stereocenters. The van der Waals surface area contributed by atoms with Crippen molar-refractivity contribution < 1.29 is 17.9 Å². The third-order valence-electron chi connectivity index (χ3n) is 4.84. The minimum absolute atomic E-state index is 0.325. The molecule has 0 aromatic heterocycles. The highest BCUT2D eigenvalue weighted by molar-refractivity contribution is 7.90. The lowest BCUT2D eigenvalue weighted by molar-refractivity contribution is 0.0600. The summed E-state index contributed by atoms with van der Waals surface area (Å²) in [4.78, 5) is 12.2. The van der Waals surface area contributed by atoms with Crippen LogP contribution < -0.4 is 0 Å². The zero-order valence-electron chi connectivity index (χ0n) is 16.4. The molecule has 0 saturated carbocycles. The second-order valence-electron chi connectivity index (χ2n) is 6.97. The highest BCUT2D eigenvalue weighted by Crippen LogP contribution is 2.40. The molecule has 2 aromatic carbocycles. The van der Waals surface area contributed by atoms with Crippen molar-refractivity contribution in [2.24, 2.45) is 0 Å². The molecule has 1 aliphatic rings. The van der Waals surface area contributed by atoms with E-state index >= 15 is 0 Å². The Morgan fingerprint density at radius 2 is 1.93 bits per heavy atom. The van der Waals surface area contributed by atoms with E-state index in [4.69, 9.17) is 4.74 Å². The first-order chi connectivity index (χ1) is 13.3. The molecule has 2 aromatic rings. The van der Waals surface area contributed by atoms with E-state index in [-0.39, 0.29) is 5.97 Å². The van der Waals surface area contributed by atoms with E-state index in [0.29, 0.717) is 10.5 Å². The number of benzene rings is 2. The Balaban J connectivity index is 2.08. The van der Waals surface area contributed by atoms with Crippen LogP contribution in [-0.2, 0) is 14.6 Å². The predicted molar refractivity (Wildman–Crippen MR) is 113 cm³/mol. The van der Waals surface area contributed by atoms with E-state index in [9.17, 15) is 13.2 Å². The number of hydrogen-bond acceptors (Lipinski definition) is 4. The molecule has 0 saturated heterocycles. The first kappa shape index (κ1) is 20.1. The molecule has 0 heterocycles. The fourth-order valence-corrected chi connectivity index (χ4v) is 4.02. The van der Waals surface area contributed by atoms with Crippen molar-refractivity contribution in [1.82, 2.24) is 0 Å². The topological polar surface area (TPSA) is 60.4 Å². The summed E-state index contributed by atoms with van der Waals surface area (Å²) in [5.41, 5.74) is 5.60. The van der Waals surface area contributed by atoms with Gasteiger partial charge >= 0.3 is 5.97 Å². The maximum absolute atomic E-state index is 11.9. The molecule has 5 heteroatoms. The molecule has 0 atom stereocenters. The summed E-state index contributed by atoms with van der Waals surface area (Å²) in [7, 11) is -1.89. The summed E-state index contributed by atoms with van der Waals surface area (Å²) in [6.45, 7) is 2.15. The van der Waals surface area contributed by atoms with E-state index in [1.54, 1.807) is 24.3 Å². The van der Waals surface area contributed by atoms with Crippen molar-refractivity contribution in [3.05, 3.63) is 70.3 Å². The lowest BCUT2D eigenvalue weighted by atomic mass is 9.96. The normalized spacial score (nSPS) is 14.7. The smallest absolute Gasteiger partial charge is 0.337 e. The summed E-state index contributed by atoms with van der Waals surface area (Å²) in [6, 6.07) is 12.6. The van der Waals surface area contributed by atoms with Crippen molar-refractivity contribution in [1.29, 1.82) is 0 Å². The first-order valence-corrected chi connectivity index (χ1v) is 11.2. The van der Waals surface area contributed by atoms with Gasteiger partial charge in [0.1, 0.15) is 0 Å². The van der Waals surface area contributed by atoms with E-state index in [1.807, 2.05) is 18.2 Å². The fraction of sp³-hybridized carbons (Fsp3) is 0.261. The van der Waals surface area contributed by atoms with Crippen LogP contribution in [0.25, 0.3) is 17.7 Å². The fourth-order valence-electron chi connectivity index (χ4n) is 3.36. The van der Waals surface area contributed by atoms with Crippen LogP contribution in [0.5, 0.6) is 0 Å². The second-order valence-corrected chi connectivity index (χ2v) is 8.99. The Labute approximate surface area is 166 Å². The molecule has 1 aliphatic carbocycles. The predicted octanol–water partition coefficient (Wildman–Crippen LogP) is 5.00. The van der Waals surface area contributed by atoms with Crippen molar-refractivity contribution in [2.75, 3.05) is 13.4 Å². The average molecular weight is 397 g/mol. The van der Waals surface area contributed by atoms with Crippen LogP contribution in [-0.4, -0.2) is 27.8 Å². The summed E-state index contributed by atoms with van der Waals surface area (Å²) in [6.07, 6.45) is 8.41. The molecular weight excluding hydrogens is 372 g/mol. The minimum atomic E-state index is -3.25. The van der Waals surface area contributed by atoms with Gasteiger partial charge in [0.15, 0.2) is 9.84 Å². The Kier molecular flexibility index (Phi) is 5.84. The number of esters is 1. The highest BCUT2D eigenvalue weighted by Gasteiger charge is 2.21. The van der Waals surface area contributed by atoms with Gasteiger partial charge in [0.05, 0.1) is 17.6 Å². The number of allylic oxidation sites excluding steroid dienone is 2. The lowest BCUT2D eigenvalue weighted by Gasteiger charge is -2.09. The van der Waals surface area contributed by atoms with Gasteiger partial charge in [-0.15, -0.1) is 0 Å². The molecule has 0 radical (unpaired) electrons. The van der Waals surface area contributed by atoms with E-state index in [1.165, 1.54) is 18.9 Å². The number of fused-ring (bicyclic) bond motifs is 1. The van der Waals surface area contributed by atoms with Crippen LogP contribution >= 0.6 is 0 Å². The van der Waals surface area contributed by atoms with Crippen molar-refractivity contribution in [2.45, 2.75) is 31.1 Å². The quantitative estimate of drug-likeness (QED) is 0.645. The van der Waals surface area contributed by atoms with Gasteiger partial charge in [-0.05, 0) is 71.0 Å². The number of carbonyl (C=O) groups excluding carboxylic acids is 1. The van der Waals surface area contributed by atoms with E-state index in [2.05, 4.69) is 19.1 Å². The summed E-state index contributed by atoms with van der Waals surface area (Å²) < 4.78 is 28.6. The largest absolute Gasteiger partial charge is 0.465 e. The van der Waals surface area contributed by atoms with Gasteiger partial charge in [0, 0.05) is 6.26 Å². The van der Waals surface area contributed by atoms with E-state index in [0.717, 1.165) is 41.5 Å². The van der Waals surface area contributed by atoms with Gasteiger partial charge in [0.25, 0.3) is 0 Å². The minimum Gasteiger partial charge on any atom is -0.465 e. The summed E-state index contributed by atoms with van der Waals surface area (Å²) in [5, 5.41) is 0. The molecule has 0 amide bonds. The number of unbranched alkanes of at least 4 members (excludes halogenated alkanes) is 1. The third-order valence-corrected chi connectivity index (χ3v) is 5.95. The first-order valence-electron chi connectivity index (χ1n) is 9.29. The molecule has 0 spiro atoms. The van der Waals surface area contributed by atoms with Crippen molar-refractivity contribution >= 4 is 33.5 Å². The molecule has 0 N–H and O–H groups in total. The SMILES string of the molecule is CCCCC1=Cc2cc(S(C)(=O)=O)ccc2/C1=C\c1cccc(C(=O)OC)c1. The Bertz CT molecular complexity index is 1080. The number of ether oxygens (including phenoxy) is 1. The number of hydrogen-bond donors (Lipinski definition) is 0. The molecule has 3 rings (SSSR count). The van der Waals surface area contributed by atoms with Gasteiger partial charge in [-0.1, -0.05) is 37.6 Å². The van der Waals surface area contributed by atoms with Gasteiger partial charge in [-0.2, -0.15) is 0 Å². The molecular formula is C23H24O4S. The van der Waals surface area contributed by atoms with Crippen molar-refractivity contribution in [3.8, 4) is 0 Å². The van der Waals surface area contributed by atoms with Crippen LogP contribution in [0, 0.1) is 0 Å². The number of methoxy groups -OCH3 is 1. The zero-order valence-corrected chi connectivity index (χ0v) is 17.2. The van der Waals surface area contributed by atoms with E-state index < -0.39 is 9.84 Å². The average Bonchev–Trinajstić information content (AvgIpc) is 3.02. The molecule has 0 fully saturated rings. The number of sulfone groups is 1. The zero-order chi connectivity index (χ0) is 20.3. The molecule has 0 bridgehead atoms. The second kappa shape index (κ2) is 8.15.